The molecule has 13 heteroatoms. The van der Waals surface area contributed by atoms with Gasteiger partial charge in [0.25, 0.3) is 17.0 Å². The Balaban J connectivity index is 2.24. The van der Waals surface area contributed by atoms with Gasteiger partial charge in [-0.25, -0.2) is 9.89 Å². The Labute approximate surface area is 185 Å². The molecule has 1 aromatic carbocycles. The van der Waals surface area contributed by atoms with Crippen molar-refractivity contribution in [1.82, 2.24) is 25.0 Å². The molecule has 0 amide bonds. The first-order valence-corrected chi connectivity index (χ1v) is 9.21. The Bertz CT molecular complexity index is 1450. The molecule has 2 aromatic heterocycles. The predicted octanol–water partition coefficient (Wildman–Crippen LogP) is 2.75. The number of nitriles is 1. The van der Waals surface area contributed by atoms with Crippen molar-refractivity contribution in [3.8, 4) is 23.4 Å². The van der Waals surface area contributed by atoms with Crippen LogP contribution >= 0.6 is 34.8 Å². The molecular weight excluding hydrogens is 459 g/mol. The van der Waals surface area contributed by atoms with Crippen LogP contribution in [0.5, 0.6) is 11.6 Å². The average Bonchev–Trinajstić information content (AvgIpc) is 2.72. The Morgan fingerprint density at radius 2 is 1.83 bits per heavy atom. The molecule has 30 heavy (non-hydrogen) atoms. The maximum absolute atomic E-state index is 12.2. The zero-order valence-electron chi connectivity index (χ0n) is 17.1. The van der Waals surface area contributed by atoms with Crippen LogP contribution in [0.1, 0.15) is 33.8 Å². The Morgan fingerprint density at radius 1 is 1.20 bits per heavy atom. The highest BCUT2D eigenvalue weighted by molar-refractivity contribution is 6.37. The fourth-order valence-corrected chi connectivity index (χ4v) is 3.25. The van der Waals surface area contributed by atoms with Crippen LogP contribution in [0.15, 0.2) is 26.5 Å². The molecule has 2 N–H and O–H groups in total. The third-order valence-corrected chi connectivity index (χ3v) is 4.60. The zero-order valence-corrected chi connectivity index (χ0v) is 17.4. The second-order valence-electron chi connectivity index (χ2n) is 6.03. The summed E-state index contributed by atoms with van der Waals surface area (Å²) in [6.45, 7) is 3.45. The molecule has 3 aromatic rings. The van der Waals surface area contributed by atoms with Gasteiger partial charge in [-0.3, -0.25) is 14.6 Å². The Morgan fingerprint density at radius 3 is 2.40 bits per heavy atom. The number of rotatable bonds is 4. The summed E-state index contributed by atoms with van der Waals surface area (Å²) in [5.74, 6) is -0.950. The van der Waals surface area contributed by atoms with Crippen LogP contribution in [0.25, 0.3) is 5.69 Å². The lowest BCUT2D eigenvalue weighted by molar-refractivity contribution is 0.453. The van der Waals surface area contributed by atoms with Crippen LogP contribution in [-0.4, -0.2) is 25.0 Å². The maximum atomic E-state index is 12.2. The molecule has 0 spiro atoms. The maximum Gasteiger partial charge on any atom is 0.349 e. The van der Waals surface area contributed by atoms with Crippen molar-refractivity contribution in [2.24, 2.45) is 0 Å². The van der Waals surface area contributed by atoms with Crippen LogP contribution in [0.4, 0.5) is 0 Å². The van der Waals surface area contributed by atoms with Crippen molar-refractivity contribution >= 4 is 34.8 Å². The molecule has 3 rings (SSSR count). The standard InChI is InChI=1S/C17H11Cl3N6O4/c1-6(2)11-12(20)16(24-23-15(11)28)30-13-8(18)3-7(4-9(13)19)26-17(29)22-14(27)10(5-21)25-26/h3-4,6H,1-2H3,(H,23,28)(H,22,27,29)/i3D,4D. The SMILES string of the molecule is [2H]c1c(Cl)c(Oc2n[nH]c(=O)c(C(C)C)c2Cl)c(Cl)c([2H])c1-n1nc(C#N)c(=O)[nH]c1=O. The number of hydrogen-bond donors (Lipinski definition) is 2. The first-order valence-electron chi connectivity index (χ1n) is 9.07. The molecule has 0 unspecified atom stereocenters. The van der Waals surface area contributed by atoms with Crippen LogP contribution < -0.4 is 21.5 Å². The van der Waals surface area contributed by atoms with Gasteiger partial charge in [-0.15, -0.1) is 10.2 Å². The summed E-state index contributed by atoms with van der Waals surface area (Å²) in [6, 6.07) is 0.252. The summed E-state index contributed by atoms with van der Waals surface area (Å²) in [5.41, 5.74) is -3.68. The third-order valence-electron chi connectivity index (χ3n) is 3.70. The van der Waals surface area contributed by atoms with Crippen molar-refractivity contribution in [3.05, 3.63) is 69.6 Å². The first-order chi connectivity index (χ1) is 15.0. The van der Waals surface area contributed by atoms with Crippen molar-refractivity contribution in [2.75, 3.05) is 0 Å². The van der Waals surface area contributed by atoms with E-state index in [1.54, 1.807) is 13.8 Å². The van der Waals surface area contributed by atoms with E-state index in [1.165, 1.54) is 6.07 Å². The molecule has 0 fully saturated rings. The minimum Gasteiger partial charge on any atom is -0.433 e. The third kappa shape index (κ3) is 3.95. The number of H-pyrrole nitrogens is 2. The first kappa shape index (κ1) is 18.9. The van der Waals surface area contributed by atoms with Gasteiger partial charge in [0.2, 0.25) is 5.69 Å². The molecule has 0 saturated carbocycles. The highest BCUT2D eigenvalue weighted by atomic mass is 35.5. The molecule has 0 aliphatic heterocycles. The van der Waals surface area contributed by atoms with Gasteiger partial charge in [0.05, 0.1) is 18.5 Å². The average molecular weight is 472 g/mol. The number of nitrogens with one attached hydrogen (secondary N) is 2. The normalized spacial score (nSPS) is 11.8. The Kier molecular flexibility index (Phi) is 5.23. The molecule has 0 bridgehead atoms. The van der Waals surface area contributed by atoms with E-state index in [0.717, 1.165) is 0 Å². The summed E-state index contributed by atoms with van der Waals surface area (Å²) >= 11 is 18.7. The van der Waals surface area contributed by atoms with Gasteiger partial charge < -0.3 is 4.74 Å². The lowest BCUT2D eigenvalue weighted by atomic mass is 10.1. The lowest BCUT2D eigenvalue weighted by Crippen LogP contribution is -2.33. The number of halogens is 3. The highest BCUT2D eigenvalue weighted by Crippen LogP contribution is 2.40. The second-order valence-corrected chi connectivity index (χ2v) is 7.16. The van der Waals surface area contributed by atoms with E-state index in [0.29, 0.717) is 4.68 Å². The van der Waals surface area contributed by atoms with E-state index in [-0.39, 0.29) is 28.1 Å². The molecule has 0 atom stereocenters. The number of ether oxygens (including phenoxy) is 1. The molecule has 10 nitrogen and oxygen atoms in total. The Hall–Kier alpha value is -3.13. The van der Waals surface area contributed by atoms with E-state index < -0.39 is 50.3 Å². The van der Waals surface area contributed by atoms with Gasteiger partial charge >= 0.3 is 5.69 Å². The second kappa shape index (κ2) is 8.31. The molecule has 0 radical (unpaired) electrons. The zero-order chi connectivity index (χ0) is 23.9. The van der Waals surface area contributed by atoms with Gasteiger partial charge in [-0.1, -0.05) is 48.7 Å². The summed E-state index contributed by atoms with van der Waals surface area (Å²) < 4.78 is 22.5. The predicted molar refractivity (Wildman–Crippen MR) is 109 cm³/mol. The minimum absolute atomic E-state index is 0.116. The molecule has 0 aliphatic rings. The largest absolute Gasteiger partial charge is 0.433 e. The number of nitrogens with zero attached hydrogens (tertiary/aromatic N) is 4. The van der Waals surface area contributed by atoms with E-state index in [9.17, 15) is 14.4 Å². The highest BCUT2D eigenvalue weighted by Gasteiger charge is 2.20. The van der Waals surface area contributed by atoms with E-state index in [2.05, 4.69) is 15.3 Å². The molecule has 154 valence electrons. The van der Waals surface area contributed by atoms with E-state index in [4.69, 9.17) is 47.5 Å². The van der Waals surface area contributed by atoms with Crippen LogP contribution in [-0.2, 0) is 0 Å². The van der Waals surface area contributed by atoms with Gasteiger partial charge in [-0.05, 0) is 18.0 Å². The van der Waals surface area contributed by atoms with Crippen molar-refractivity contribution in [3.63, 3.8) is 0 Å². The van der Waals surface area contributed by atoms with Gasteiger partial charge in [-0.2, -0.15) is 9.94 Å². The number of aromatic amines is 2. The van der Waals surface area contributed by atoms with Crippen LogP contribution in [0.3, 0.4) is 0 Å². The molecule has 0 aliphatic carbocycles. The smallest absolute Gasteiger partial charge is 0.349 e. The fraction of sp³-hybridized carbons (Fsp3) is 0.176. The van der Waals surface area contributed by atoms with Gasteiger partial charge in [0, 0.05) is 5.56 Å². The van der Waals surface area contributed by atoms with E-state index >= 15 is 0 Å². The summed E-state index contributed by atoms with van der Waals surface area (Å²) in [7, 11) is 0. The summed E-state index contributed by atoms with van der Waals surface area (Å²) in [4.78, 5) is 37.6. The van der Waals surface area contributed by atoms with Gasteiger partial charge in [0.1, 0.15) is 11.1 Å². The fourth-order valence-electron chi connectivity index (χ4n) is 2.37. The van der Waals surface area contributed by atoms with Crippen molar-refractivity contribution < 1.29 is 7.48 Å². The van der Waals surface area contributed by atoms with E-state index in [1.807, 2.05) is 4.98 Å². The molecule has 0 saturated heterocycles. The van der Waals surface area contributed by atoms with Crippen molar-refractivity contribution in [2.45, 2.75) is 19.8 Å². The quantitative estimate of drug-likeness (QED) is 0.594. The topological polar surface area (TPSA) is 147 Å². The minimum atomic E-state index is -1.12. The van der Waals surface area contributed by atoms with Crippen LogP contribution in [0, 0.1) is 11.3 Å². The number of hydrogen-bond acceptors (Lipinski definition) is 7. The number of aromatic nitrogens is 5. The monoisotopic (exact) mass is 470 g/mol. The lowest BCUT2D eigenvalue weighted by Gasteiger charge is -2.14. The van der Waals surface area contributed by atoms with Crippen molar-refractivity contribution in [1.29, 1.82) is 5.26 Å². The van der Waals surface area contributed by atoms with Gasteiger partial charge in [0.15, 0.2) is 5.75 Å². The summed E-state index contributed by atoms with van der Waals surface area (Å²) in [6.07, 6.45) is 0. The number of benzene rings is 1. The molecule has 2 heterocycles. The molecular formula is C17H11Cl3N6O4. The van der Waals surface area contributed by atoms with Crippen LogP contribution in [0.2, 0.25) is 15.1 Å². The summed E-state index contributed by atoms with van der Waals surface area (Å²) in [5, 5.41) is 17.5.